The summed E-state index contributed by atoms with van der Waals surface area (Å²) in [6, 6.07) is 12.3. The minimum absolute atomic E-state index is 0.178. The number of phenolic OH excluding ortho intramolecular Hbond substituents is 2. The number of nitrogens with one attached hydrogen (secondary N) is 1. The zero-order valence-electron chi connectivity index (χ0n) is 12.3. The van der Waals surface area contributed by atoms with Crippen LogP contribution in [0.15, 0.2) is 47.6 Å². The fraction of sp³-hybridized carbons (Fsp3) is 0.0625. The van der Waals surface area contributed by atoms with Crippen molar-refractivity contribution in [1.29, 1.82) is 0 Å². The molecule has 7 heteroatoms. The highest BCUT2D eigenvalue weighted by molar-refractivity contribution is 7.71. The van der Waals surface area contributed by atoms with Gasteiger partial charge in [-0.05, 0) is 42.9 Å². The van der Waals surface area contributed by atoms with Crippen LogP contribution >= 0.6 is 12.2 Å². The average Bonchev–Trinajstić information content (AvgIpc) is 2.90. The van der Waals surface area contributed by atoms with Crippen LogP contribution < -0.4 is 0 Å². The number of rotatable bonds is 3. The van der Waals surface area contributed by atoms with Crippen LogP contribution in [0.4, 0.5) is 0 Å². The highest BCUT2D eigenvalue weighted by Gasteiger charge is 2.07. The maximum Gasteiger partial charge on any atom is 0.216 e. The number of hydrogen-bond donors (Lipinski definition) is 3. The summed E-state index contributed by atoms with van der Waals surface area (Å²) in [5.74, 6) is 0.208. The Hall–Kier alpha value is -2.93. The molecule has 23 heavy (non-hydrogen) atoms. The standard InChI is InChI=1S/C16H14N4O2S/c1-10-2-5-12(6-3-10)15-18-19-16(23)20(15)17-9-11-4-7-13(21)14(22)8-11/h2-9,21-22H,1H3,(H,19,23). The highest BCUT2D eigenvalue weighted by atomic mass is 32.1. The highest BCUT2D eigenvalue weighted by Crippen LogP contribution is 2.24. The molecule has 0 aliphatic carbocycles. The summed E-state index contributed by atoms with van der Waals surface area (Å²) in [7, 11) is 0. The van der Waals surface area contributed by atoms with Crippen molar-refractivity contribution in [3.05, 3.63) is 58.4 Å². The second kappa shape index (κ2) is 6.05. The van der Waals surface area contributed by atoms with E-state index in [1.54, 1.807) is 6.07 Å². The molecule has 3 rings (SSSR count). The maximum absolute atomic E-state index is 9.51. The number of aryl methyl sites for hydroxylation is 1. The molecule has 6 nitrogen and oxygen atoms in total. The largest absolute Gasteiger partial charge is 0.504 e. The smallest absolute Gasteiger partial charge is 0.216 e. The molecule has 0 radical (unpaired) electrons. The molecule has 0 amide bonds. The van der Waals surface area contributed by atoms with Gasteiger partial charge in [0, 0.05) is 5.56 Å². The van der Waals surface area contributed by atoms with Crippen LogP contribution in [0.3, 0.4) is 0 Å². The molecule has 0 aliphatic heterocycles. The quantitative estimate of drug-likeness (QED) is 0.392. The van der Waals surface area contributed by atoms with Crippen molar-refractivity contribution in [1.82, 2.24) is 14.9 Å². The van der Waals surface area contributed by atoms with Gasteiger partial charge in [0.15, 0.2) is 17.3 Å². The number of aromatic hydroxyl groups is 2. The first-order chi connectivity index (χ1) is 11.0. The number of benzene rings is 2. The van der Waals surface area contributed by atoms with Crippen LogP contribution in [0.1, 0.15) is 11.1 Å². The second-order valence-corrected chi connectivity index (χ2v) is 5.41. The Morgan fingerprint density at radius 3 is 2.57 bits per heavy atom. The molecule has 3 N–H and O–H groups in total. The van der Waals surface area contributed by atoms with Gasteiger partial charge in [-0.25, -0.2) is 5.10 Å². The third kappa shape index (κ3) is 3.14. The second-order valence-electron chi connectivity index (χ2n) is 5.02. The van der Waals surface area contributed by atoms with Crippen LogP contribution in [0.5, 0.6) is 11.5 Å². The molecule has 2 aromatic carbocycles. The lowest BCUT2D eigenvalue weighted by atomic mass is 10.1. The van der Waals surface area contributed by atoms with E-state index in [1.807, 2.05) is 31.2 Å². The van der Waals surface area contributed by atoms with Gasteiger partial charge in [-0.1, -0.05) is 29.8 Å². The van der Waals surface area contributed by atoms with E-state index in [0.29, 0.717) is 16.2 Å². The molecular formula is C16H14N4O2S. The molecule has 1 aromatic heterocycles. The molecule has 0 saturated carbocycles. The monoisotopic (exact) mass is 326 g/mol. The number of hydrogen-bond acceptors (Lipinski definition) is 5. The molecule has 3 aromatic rings. The number of aromatic nitrogens is 3. The van der Waals surface area contributed by atoms with Gasteiger partial charge in [0.25, 0.3) is 0 Å². The Bertz CT molecular complexity index is 926. The Morgan fingerprint density at radius 2 is 1.87 bits per heavy atom. The summed E-state index contributed by atoms with van der Waals surface area (Å²) in [4.78, 5) is 0. The summed E-state index contributed by atoms with van der Waals surface area (Å²) in [5.41, 5.74) is 2.66. The molecule has 0 unspecified atom stereocenters. The van der Waals surface area contributed by atoms with Crippen molar-refractivity contribution < 1.29 is 10.2 Å². The lowest BCUT2D eigenvalue weighted by Crippen LogP contribution is -1.95. The van der Waals surface area contributed by atoms with Crippen LogP contribution in [0.2, 0.25) is 0 Å². The van der Waals surface area contributed by atoms with E-state index in [1.165, 1.54) is 23.0 Å². The summed E-state index contributed by atoms with van der Waals surface area (Å²) >= 11 is 5.20. The molecule has 0 atom stereocenters. The summed E-state index contributed by atoms with van der Waals surface area (Å²) in [6.45, 7) is 2.01. The maximum atomic E-state index is 9.51. The molecule has 1 heterocycles. The summed E-state index contributed by atoms with van der Waals surface area (Å²) in [5, 5.41) is 30.1. The third-order valence-electron chi connectivity index (χ3n) is 3.28. The van der Waals surface area contributed by atoms with Crippen molar-refractivity contribution in [3.8, 4) is 22.9 Å². The van der Waals surface area contributed by atoms with Gasteiger partial charge in [-0.2, -0.15) is 14.9 Å². The van der Waals surface area contributed by atoms with Crippen molar-refractivity contribution >= 4 is 18.4 Å². The van der Waals surface area contributed by atoms with Crippen molar-refractivity contribution in [2.75, 3.05) is 0 Å². The predicted octanol–water partition coefficient (Wildman–Crippen LogP) is 3.21. The Morgan fingerprint density at radius 1 is 1.13 bits per heavy atom. The zero-order chi connectivity index (χ0) is 16.4. The minimum atomic E-state index is -0.205. The topological polar surface area (TPSA) is 86.4 Å². The molecule has 0 saturated heterocycles. The van der Waals surface area contributed by atoms with E-state index in [2.05, 4.69) is 15.3 Å². The van der Waals surface area contributed by atoms with E-state index in [4.69, 9.17) is 12.2 Å². The van der Waals surface area contributed by atoms with Crippen LogP contribution in [0.25, 0.3) is 11.4 Å². The predicted molar refractivity (Wildman–Crippen MR) is 90.3 cm³/mol. The van der Waals surface area contributed by atoms with Gasteiger partial charge in [-0.15, -0.1) is 0 Å². The van der Waals surface area contributed by atoms with Crippen LogP contribution in [-0.4, -0.2) is 31.3 Å². The molecule has 0 aliphatic rings. The van der Waals surface area contributed by atoms with Gasteiger partial charge in [0.2, 0.25) is 4.77 Å². The normalized spacial score (nSPS) is 11.2. The van der Waals surface area contributed by atoms with Gasteiger partial charge < -0.3 is 10.2 Å². The van der Waals surface area contributed by atoms with E-state index in [-0.39, 0.29) is 11.5 Å². The Labute approximate surface area is 137 Å². The van der Waals surface area contributed by atoms with E-state index < -0.39 is 0 Å². The fourth-order valence-corrected chi connectivity index (χ4v) is 2.21. The van der Waals surface area contributed by atoms with E-state index in [0.717, 1.165) is 11.1 Å². The average molecular weight is 326 g/mol. The van der Waals surface area contributed by atoms with Crippen molar-refractivity contribution in [3.63, 3.8) is 0 Å². The summed E-state index contributed by atoms with van der Waals surface area (Å²) < 4.78 is 1.86. The first kappa shape index (κ1) is 15.0. The van der Waals surface area contributed by atoms with Gasteiger partial charge in [0.1, 0.15) is 0 Å². The lowest BCUT2D eigenvalue weighted by molar-refractivity contribution is 0.403. The van der Waals surface area contributed by atoms with Crippen molar-refractivity contribution in [2.45, 2.75) is 6.92 Å². The van der Waals surface area contributed by atoms with Gasteiger partial charge >= 0.3 is 0 Å². The number of aromatic amines is 1. The Kier molecular flexibility index (Phi) is 3.94. The molecular weight excluding hydrogens is 312 g/mol. The zero-order valence-corrected chi connectivity index (χ0v) is 13.1. The number of H-pyrrole nitrogens is 1. The first-order valence-electron chi connectivity index (χ1n) is 6.85. The van der Waals surface area contributed by atoms with E-state index >= 15 is 0 Å². The molecule has 116 valence electrons. The van der Waals surface area contributed by atoms with Gasteiger partial charge in [-0.3, -0.25) is 0 Å². The van der Waals surface area contributed by atoms with Crippen LogP contribution in [0, 0.1) is 11.7 Å². The fourth-order valence-electron chi connectivity index (χ4n) is 2.03. The van der Waals surface area contributed by atoms with Crippen molar-refractivity contribution in [2.24, 2.45) is 5.10 Å². The SMILES string of the molecule is Cc1ccc(-c2n[nH]c(=S)n2N=Cc2ccc(O)c(O)c2)cc1. The molecule has 0 spiro atoms. The van der Waals surface area contributed by atoms with E-state index in [9.17, 15) is 10.2 Å². The minimum Gasteiger partial charge on any atom is -0.504 e. The van der Waals surface area contributed by atoms with Gasteiger partial charge in [0.05, 0.1) is 6.21 Å². The first-order valence-corrected chi connectivity index (χ1v) is 7.26. The third-order valence-corrected chi connectivity index (χ3v) is 3.55. The number of nitrogens with zero attached hydrogens (tertiary/aromatic N) is 3. The molecule has 0 fully saturated rings. The molecule has 0 bridgehead atoms. The Balaban J connectivity index is 1.98. The lowest BCUT2D eigenvalue weighted by Gasteiger charge is -2.02. The summed E-state index contributed by atoms with van der Waals surface area (Å²) in [6.07, 6.45) is 1.53. The number of phenols is 2. The van der Waals surface area contributed by atoms with Crippen LogP contribution in [-0.2, 0) is 0 Å².